The Hall–Kier alpha value is -1.40. The Balaban J connectivity index is 1.36. The highest BCUT2D eigenvalue weighted by Gasteiger charge is 2.36. The molecule has 0 saturated carbocycles. The smallest absolute Gasteiger partial charge is 0.123 e. The molecule has 2 aromatic carbocycles. The molecule has 2 heterocycles. The molecule has 4 rings (SSSR count). The van der Waals surface area contributed by atoms with Crippen LogP contribution in [0.25, 0.3) is 10.1 Å². The van der Waals surface area contributed by atoms with Crippen molar-refractivity contribution in [2.45, 2.75) is 48.9 Å². The van der Waals surface area contributed by atoms with E-state index >= 15 is 0 Å². The number of halogens is 1. The molecule has 1 aromatic heterocycles. The summed E-state index contributed by atoms with van der Waals surface area (Å²) in [5.41, 5.74) is 1.47. The Morgan fingerprint density at radius 2 is 1.87 bits per heavy atom. The maximum atomic E-state index is 13.3. The van der Waals surface area contributed by atoms with Crippen LogP contribution in [0.4, 0.5) is 4.39 Å². The van der Waals surface area contributed by atoms with Crippen molar-refractivity contribution in [3.05, 3.63) is 65.3 Å². The minimum atomic E-state index is -0.196. The quantitative estimate of drug-likeness (QED) is 0.261. The molecule has 0 bridgehead atoms. The number of benzene rings is 2. The largest absolute Gasteiger partial charge is 0.364 e. The van der Waals surface area contributed by atoms with Crippen LogP contribution in [-0.2, 0) is 11.2 Å². The molecule has 0 atom stereocenters. The number of rotatable bonds is 9. The van der Waals surface area contributed by atoms with Gasteiger partial charge in [0.1, 0.15) is 10.8 Å². The Morgan fingerprint density at radius 3 is 2.63 bits per heavy atom. The van der Waals surface area contributed by atoms with Crippen molar-refractivity contribution in [1.82, 2.24) is 4.90 Å². The van der Waals surface area contributed by atoms with E-state index in [1.807, 2.05) is 23.5 Å². The average Bonchev–Trinajstić information content (AvgIpc) is 3.19. The predicted octanol–water partition coefficient (Wildman–Crippen LogP) is 6.98. The van der Waals surface area contributed by atoms with Gasteiger partial charge in [0.05, 0.1) is 0 Å². The van der Waals surface area contributed by atoms with Crippen molar-refractivity contribution in [3.8, 4) is 0 Å². The third-order valence-corrected chi connectivity index (χ3v) is 8.28. The lowest BCUT2D eigenvalue weighted by atomic mass is 10.1. The summed E-state index contributed by atoms with van der Waals surface area (Å²) >= 11 is 3.62. The summed E-state index contributed by atoms with van der Waals surface area (Å²) in [6.07, 6.45) is 5.32. The Bertz CT molecular complexity index is 932. The maximum Gasteiger partial charge on any atom is 0.123 e. The van der Waals surface area contributed by atoms with Gasteiger partial charge in [-0.3, -0.25) is 0 Å². The molecule has 1 fully saturated rings. The van der Waals surface area contributed by atoms with Crippen molar-refractivity contribution in [2.75, 3.05) is 26.2 Å². The van der Waals surface area contributed by atoms with Gasteiger partial charge < -0.3 is 9.64 Å². The minimum absolute atomic E-state index is 0.184. The van der Waals surface area contributed by atoms with Crippen LogP contribution < -0.4 is 0 Å². The number of hydrogen-bond donors (Lipinski definition) is 0. The molecule has 1 saturated heterocycles. The van der Waals surface area contributed by atoms with E-state index in [0.29, 0.717) is 0 Å². The van der Waals surface area contributed by atoms with Gasteiger partial charge in [-0.25, -0.2) is 4.39 Å². The number of unbranched alkanes of at least 4 members (excludes halogenated alkanes) is 1. The van der Waals surface area contributed by atoms with Gasteiger partial charge in [-0.1, -0.05) is 43.3 Å². The molecule has 3 aromatic rings. The molecule has 0 aliphatic carbocycles. The lowest BCUT2D eigenvalue weighted by Crippen LogP contribution is -2.44. The minimum Gasteiger partial charge on any atom is -0.364 e. The number of fused-ring (bicyclic) bond motifs is 1. The molecular weight excluding hydrogens is 413 g/mol. The first-order valence-corrected chi connectivity index (χ1v) is 12.6. The molecule has 1 aliphatic heterocycles. The van der Waals surface area contributed by atoms with Crippen LogP contribution in [0.3, 0.4) is 0 Å². The molecule has 160 valence electrons. The fraction of sp³-hybridized carbons (Fsp3) is 0.440. The molecular formula is C25H30FNOS2. The van der Waals surface area contributed by atoms with E-state index in [0.717, 1.165) is 63.2 Å². The normalized spacial score (nSPS) is 16.9. The fourth-order valence-corrected chi connectivity index (χ4v) is 6.25. The van der Waals surface area contributed by atoms with Crippen molar-refractivity contribution in [1.29, 1.82) is 0 Å². The highest BCUT2D eigenvalue weighted by molar-refractivity contribution is 8.00. The molecule has 1 aliphatic rings. The van der Waals surface area contributed by atoms with Gasteiger partial charge in [0, 0.05) is 35.8 Å². The molecule has 0 amide bonds. The Labute approximate surface area is 187 Å². The topological polar surface area (TPSA) is 12.5 Å². The van der Waals surface area contributed by atoms with Crippen LogP contribution in [0.5, 0.6) is 0 Å². The van der Waals surface area contributed by atoms with Crippen LogP contribution in [0.1, 0.15) is 38.2 Å². The van der Waals surface area contributed by atoms with E-state index in [2.05, 4.69) is 41.5 Å². The van der Waals surface area contributed by atoms with E-state index in [-0.39, 0.29) is 10.8 Å². The summed E-state index contributed by atoms with van der Waals surface area (Å²) in [4.78, 5) is 3.46. The monoisotopic (exact) mass is 443 g/mol. The molecule has 0 spiro atoms. The average molecular weight is 444 g/mol. The SMILES string of the molecule is CCCCOC1(Sc2ccc(F)cc2)CCN(CCc2csc3ccccc23)CC1. The van der Waals surface area contributed by atoms with Crippen LogP contribution >= 0.6 is 23.1 Å². The second-order valence-electron chi connectivity index (χ2n) is 8.02. The van der Waals surface area contributed by atoms with Crippen molar-refractivity contribution >= 4 is 33.2 Å². The van der Waals surface area contributed by atoms with Gasteiger partial charge >= 0.3 is 0 Å². The summed E-state index contributed by atoms with van der Waals surface area (Å²) in [5, 5.41) is 3.72. The van der Waals surface area contributed by atoms with Crippen molar-refractivity contribution in [2.24, 2.45) is 0 Å². The number of piperidine rings is 1. The predicted molar refractivity (Wildman–Crippen MR) is 127 cm³/mol. The molecule has 0 unspecified atom stereocenters. The van der Waals surface area contributed by atoms with Crippen molar-refractivity contribution in [3.63, 3.8) is 0 Å². The lowest BCUT2D eigenvalue weighted by molar-refractivity contribution is -0.0191. The number of nitrogens with zero attached hydrogens (tertiary/aromatic N) is 1. The first kappa shape index (κ1) is 21.8. The van der Waals surface area contributed by atoms with Gasteiger partial charge in [0.2, 0.25) is 0 Å². The molecule has 2 nitrogen and oxygen atoms in total. The van der Waals surface area contributed by atoms with Gasteiger partial charge in [-0.05, 0) is 72.3 Å². The zero-order valence-corrected chi connectivity index (χ0v) is 19.2. The van der Waals surface area contributed by atoms with Crippen LogP contribution in [0.15, 0.2) is 58.8 Å². The number of ether oxygens (including phenoxy) is 1. The molecule has 0 N–H and O–H groups in total. The first-order valence-electron chi connectivity index (χ1n) is 10.9. The molecule has 30 heavy (non-hydrogen) atoms. The standard InChI is InChI=1S/C25H30FNOS2/c1-2-3-18-28-25(30-22-10-8-21(26)9-11-22)13-16-27(17-14-25)15-12-20-19-29-24-7-5-4-6-23(20)24/h4-11,19H,2-3,12-18H2,1H3. The summed E-state index contributed by atoms with van der Waals surface area (Å²) in [7, 11) is 0. The zero-order valence-electron chi connectivity index (χ0n) is 17.6. The maximum absolute atomic E-state index is 13.3. The Kier molecular flexibility index (Phi) is 7.47. The van der Waals surface area contributed by atoms with E-state index < -0.39 is 0 Å². The third kappa shape index (κ3) is 5.44. The van der Waals surface area contributed by atoms with E-state index in [9.17, 15) is 4.39 Å². The van der Waals surface area contributed by atoms with E-state index in [1.54, 1.807) is 23.9 Å². The fourth-order valence-electron chi connectivity index (χ4n) is 4.02. The number of thiophene rings is 1. The summed E-state index contributed by atoms with van der Waals surface area (Å²) in [6, 6.07) is 15.5. The lowest BCUT2D eigenvalue weighted by Gasteiger charge is -2.41. The number of hydrogen-bond acceptors (Lipinski definition) is 4. The van der Waals surface area contributed by atoms with Crippen LogP contribution in [0, 0.1) is 5.82 Å². The number of likely N-dealkylation sites (tertiary alicyclic amines) is 1. The van der Waals surface area contributed by atoms with Crippen molar-refractivity contribution < 1.29 is 9.13 Å². The second-order valence-corrected chi connectivity index (χ2v) is 10.3. The summed E-state index contributed by atoms with van der Waals surface area (Å²) in [5.74, 6) is -0.184. The first-order chi connectivity index (χ1) is 14.7. The summed E-state index contributed by atoms with van der Waals surface area (Å²) in [6.45, 7) is 6.17. The van der Waals surface area contributed by atoms with E-state index in [4.69, 9.17) is 4.74 Å². The molecule has 5 heteroatoms. The summed E-state index contributed by atoms with van der Waals surface area (Å²) < 4.78 is 21.1. The highest BCUT2D eigenvalue weighted by atomic mass is 32.2. The van der Waals surface area contributed by atoms with Gasteiger partial charge in [-0.2, -0.15) is 0 Å². The van der Waals surface area contributed by atoms with Gasteiger partial charge in [0.15, 0.2) is 0 Å². The molecule has 0 radical (unpaired) electrons. The van der Waals surface area contributed by atoms with Crippen LogP contribution in [0.2, 0.25) is 0 Å². The third-order valence-electron chi connectivity index (χ3n) is 5.86. The van der Waals surface area contributed by atoms with Crippen LogP contribution in [-0.4, -0.2) is 36.1 Å². The highest BCUT2D eigenvalue weighted by Crippen LogP contribution is 2.42. The Morgan fingerprint density at radius 1 is 1.10 bits per heavy atom. The number of thioether (sulfide) groups is 1. The van der Waals surface area contributed by atoms with Gasteiger partial charge in [-0.15, -0.1) is 11.3 Å². The van der Waals surface area contributed by atoms with Gasteiger partial charge in [0.25, 0.3) is 0 Å². The zero-order chi connectivity index (χ0) is 20.8. The second kappa shape index (κ2) is 10.3. The van der Waals surface area contributed by atoms with E-state index in [1.165, 1.54) is 15.6 Å².